The first kappa shape index (κ1) is 19.6. The third-order valence-corrected chi connectivity index (χ3v) is 3.31. The molecule has 1 saturated heterocycles. The second-order valence-corrected chi connectivity index (χ2v) is 5.15. The fourth-order valence-corrected chi connectivity index (χ4v) is 2.23. The minimum absolute atomic E-state index is 0.335. The molecule has 142 valence electrons. The second-order valence-electron chi connectivity index (χ2n) is 5.15. The molecular formula is C14H12F4N2O6. The molecule has 1 aromatic rings. The monoisotopic (exact) mass is 380 g/mol. The maximum absolute atomic E-state index is 13.9. The Kier molecular flexibility index (Phi) is 5.44. The summed E-state index contributed by atoms with van der Waals surface area (Å²) in [6.07, 6.45) is -8.78. The van der Waals surface area contributed by atoms with Crippen molar-refractivity contribution in [3.8, 4) is 0 Å². The van der Waals surface area contributed by atoms with Crippen molar-refractivity contribution in [1.29, 1.82) is 0 Å². The molecule has 12 heteroatoms. The Hall–Kier alpha value is -2.76. The topological polar surface area (TPSA) is 106 Å². The van der Waals surface area contributed by atoms with Crippen molar-refractivity contribution in [2.45, 2.75) is 25.3 Å². The van der Waals surface area contributed by atoms with Crippen LogP contribution in [0.2, 0.25) is 0 Å². The van der Waals surface area contributed by atoms with Crippen LogP contribution in [0.25, 0.3) is 0 Å². The summed E-state index contributed by atoms with van der Waals surface area (Å²) in [5.74, 6) is -6.07. The Bertz CT molecular complexity index is 739. The van der Waals surface area contributed by atoms with Gasteiger partial charge in [-0.3, -0.25) is 14.5 Å². The number of aromatic nitrogens is 1. The lowest BCUT2D eigenvalue weighted by Gasteiger charge is -2.34. The highest BCUT2D eigenvalue weighted by Crippen LogP contribution is 2.31. The lowest BCUT2D eigenvalue weighted by molar-refractivity contribution is -0.177. The van der Waals surface area contributed by atoms with E-state index in [-0.39, 0.29) is 13.2 Å². The van der Waals surface area contributed by atoms with Crippen LogP contribution >= 0.6 is 0 Å². The van der Waals surface area contributed by atoms with Gasteiger partial charge in [-0.05, 0) is 12.1 Å². The minimum Gasteiger partial charge on any atom is -0.478 e. The van der Waals surface area contributed by atoms with E-state index in [1.807, 2.05) is 0 Å². The van der Waals surface area contributed by atoms with Gasteiger partial charge in [-0.15, -0.1) is 0 Å². The van der Waals surface area contributed by atoms with Gasteiger partial charge >= 0.3 is 18.1 Å². The number of carboxylic acids is 1. The first-order valence-corrected chi connectivity index (χ1v) is 7.09. The molecule has 0 saturated carbocycles. The summed E-state index contributed by atoms with van der Waals surface area (Å²) in [6, 6.07) is 0.893. The van der Waals surface area contributed by atoms with Crippen LogP contribution in [0.4, 0.5) is 23.4 Å². The van der Waals surface area contributed by atoms with E-state index in [0.29, 0.717) is 17.0 Å². The third kappa shape index (κ3) is 4.07. The highest BCUT2D eigenvalue weighted by molar-refractivity contribution is 6.00. The van der Waals surface area contributed by atoms with Crippen LogP contribution in [0.3, 0.4) is 0 Å². The predicted octanol–water partition coefficient (Wildman–Crippen LogP) is 0.988. The summed E-state index contributed by atoms with van der Waals surface area (Å²) < 4.78 is 61.7. The Labute approximate surface area is 143 Å². The fourth-order valence-electron chi connectivity index (χ4n) is 2.23. The molecule has 8 nitrogen and oxygen atoms in total. The third-order valence-electron chi connectivity index (χ3n) is 3.31. The van der Waals surface area contributed by atoms with Crippen molar-refractivity contribution < 1.29 is 46.5 Å². The normalized spacial score (nSPS) is 19.2. The first-order valence-electron chi connectivity index (χ1n) is 7.09. The van der Waals surface area contributed by atoms with Crippen LogP contribution < -0.4 is 4.90 Å². The molecule has 1 aliphatic heterocycles. The van der Waals surface area contributed by atoms with Crippen molar-refractivity contribution >= 4 is 23.7 Å². The van der Waals surface area contributed by atoms with Crippen LogP contribution in [0.1, 0.15) is 12.6 Å². The van der Waals surface area contributed by atoms with E-state index in [1.54, 1.807) is 0 Å². The van der Waals surface area contributed by atoms with E-state index >= 15 is 0 Å². The molecule has 1 fully saturated rings. The zero-order valence-electron chi connectivity index (χ0n) is 13.1. The molecule has 1 unspecified atom stereocenters. The van der Waals surface area contributed by atoms with Crippen molar-refractivity contribution in [2.75, 3.05) is 18.1 Å². The van der Waals surface area contributed by atoms with Crippen molar-refractivity contribution in [3.05, 3.63) is 23.6 Å². The van der Waals surface area contributed by atoms with E-state index in [1.165, 1.54) is 0 Å². The lowest BCUT2D eigenvalue weighted by atomic mass is 10.1. The Balaban J connectivity index is 2.38. The number of carboxylic acid groups (broad SMARTS) is 1. The number of carbonyl (C=O) groups excluding carboxylic acids is 2. The molecule has 1 amide bonds. The maximum Gasteiger partial charge on any atom is 0.433 e. The highest BCUT2D eigenvalue weighted by Gasteiger charge is 2.44. The molecule has 0 aliphatic carbocycles. The van der Waals surface area contributed by atoms with Gasteiger partial charge < -0.3 is 14.6 Å². The number of esters is 1. The molecule has 26 heavy (non-hydrogen) atoms. The quantitative estimate of drug-likeness (QED) is 0.613. The second kappa shape index (κ2) is 7.23. The number of carbonyl (C=O) groups is 3. The summed E-state index contributed by atoms with van der Waals surface area (Å²) in [7, 11) is 0. The Morgan fingerprint density at radius 1 is 1.42 bits per heavy atom. The number of hydrogen-bond acceptors (Lipinski definition) is 6. The molecule has 2 rings (SSSR count). The standard InChI is InChI=1S/C14H12F4N2O6/c1-6(21)26-10(13(23)24)9-12(22)20(4-5-25-9)11-7(15)2-3-8(19-11)14(16,17)18/h2-3,9-10H,4-5H2,1H3,(H,23,24)/t9?,10-/m1/s1. The maximum atomic E-state index is 13.9. The average Bonchev–Trinajstić information content (AvgIpc) is 2.52. The molecule has 0 radical (unpaired) electrons. The molecular weight excluding hydrogens is 368 g/mol. The number of anilines is 1. The largest absolute Gasteiger partial charge is 0.478 e. The van der Waals surface area contributed by atoms with E-state index in [0.717, 1.165) is 6.92 Å². The van der Waals surface area contributed by atoms with Crippen LogP contribution in [0, 0.1) is 5.82 Å². The van der Waals surface area contributed by atoms with Gasteiger partial charge in [0.2, 0.25) is 6.10 Å². The van der Waals surface area contributed by atoms with Gasteiger partial charge in [0.1, 0.15) is 5.69 Å². The number of pyridine rings is 1. The molecule has 2 atom stereocenters. The number of aliphatic carboxylic acids is 1. The van der Waals surface area contributed by atoms with Gasteiger partial charge in [-0.25, -0.2) is 14.2 Å². The van der Waals surface area contributed by atoms with Crippen LogP contribution in [0.5, 0.6) is 0 Å². The molecule has 1 aliphatic rings. The van der Waals surface area contributed by atoms with Gasteiger partial charge in [0.25, 0.3) is 5.91 Å². The summed E-state index contributed by atoms with van der Waals surface area (Å²) in [6.45, 7) is 0.195. The molecule has 1 aromatic heterocycles. The fraction of sp³-hybridized carbons (Fsp3) is 0.429. The smallest absolute Gasteiger partial charge is 0.433 e. The molecule has 0 bridgehead atoms. The summed E-state index contributed by atoms with van der Waals surface area (Å²) in [5.41, 5.74) is -1.43. The van der Waals surface area contributed by atoms with E-state index in [4.69, 9.17) is 9.84 Å². The average molecular weight is 380 g/mol. The van der Waals surface area contributed by atoms with Crippen LogP contribution in [0.15, 0.2) is 12.1 Å². The van der Waals surface area contributed by atoms with Gasteiger partial charge in [0, 0.05) is 6.92 Å². The van der Waals surface area contributed by atoms with Gasteiger partial charge in [-0.2, -0.15) is 13.2 Å². The number of alkyl halides is 3. The number of morpholine rings is 1. The highest BCUT2D eigenvalue weighted by atomic mass is 19.4. The first-order chi connectivity index (χ1) is 12.0. The van der Waals surface area contributed by atoms with Gasteiger partial charge in [0.05, 0.1) is 13.2 Å². The summed E-state index contributed by atoms with van der Waals surface area (Å²) >= 11 is 0. The SMILES string of the molecule is CC(=O)O[C@@H](C(=O)O)C1OCCN(c2nc(C(F)(F)F)ccc2F)C1=O. The molecule has 0 aromatic carbocycles. The van der Waals surface area contributed by atoms with E-state index in [2.05, 4.69) is 9.72 Å². The van der Waals surface area contributed by atoms with Crippen LogP contribution in [-0.2, 0) is 30.0 Å². The zero-order valence-corrected chi connectivity index (χ0v) is 13.1. The predicted molar refractivity (Wildman–Crippen MR) is 74.5 cm³/mol. The van der Waals surface area contributed by atoms with E-state index in [9.17, 15) is 31.9 Å². The van der Waals surface area contributed by atoms with Crippen LogP contribution in [-0.4, -0.2) is 53.3 Å². The Morgan fingerprint density at radius 2 is 2.08 bits per heavy atom. The molecule has 0 spiro atoms. The van der Waals surface area contributed by atoms with Crippen molar-refractivity contribution in [1.82, 2.24) is 4.98 Å². The summed E-state index contributed by atoms with van der Waals surface area (Å²) in [5, 5.41) is 9.09. The van der Waals surface area contributed by atoms with Crippen molar-refractivity contribution in [3.63, 3.8) is 0 Å². The van der Waals surface area contributed by atoms with Crippen molar-refractivity contribution in [2.24, 2.45) is 0 Å². The Morgan fingerprint density at radius 3 is 2.62 bits per heavy atom. The number of ether oxygens (including phenoxy) is 2. The summed E-state index contributed by atoms with van der Waals surface area (Å²) in [4.78, 5) is 38.3. The van der Waals surface area contributed by atoms with Gasteiger partial charge in [-0.1, -0.05) is 0 Å². The number of nitrogens with zero attached hydrogens (tertiary/aromatic N) is 2. The number of amides is 1. The number of hydrogen-bond donors (Lipinski definition) is 1. The minimum atomic E-state index is -4.88. The lowest BCUT2D eigenvalue weighted by Crippen LogP contribution is -2.56. The molecule has 2 heterocycles. The zero-order chi connectivity index (χ0) is 19.6. The molecule has 1 N–H and O–H groups in total. The number of rotatable bonds is 4. The number of halogens is 4. The van der Waals surface area contributed by atoms with Gasteiger partial charge in [0.15, 0.2) is 17.7 Å². The van der Waals surface area contributed by atoms with E-state index < -0.39 is 53.6 Å².